The Bertz CT molecular complexity index is 257. The fourth-order valence-electron chi connectivity index (χ4n) is 0.805. The van der Waals surface area contributed by atoms with Crippen molar-refractivity contribution in [1.29, 1.82) is 0 Å². The number of thiazole rings is 1. The third kappa shape index (κ3) is 2.01. The Balaban J connectivity index is 2.76. The van der Waals surface area contributed by atoms with Crippen LogP contribution >= 0.6 is 11.3 Å². The minimum atomic E-state index is -0.0188. The fraction of sp³-hybridized carbons (Fsp3) is 0.429. The van der Waals surface area contributed by atoms with Crippen molar-refractivity contribution in [3.63, 3.8) is 0 Å². The molecule has 4 heteroatoms. The van der Waals surface area contributed by atoms with Gasteiger partial charge in [0.25, 0.3) is 0 Å². The van der Waals surface area contributed by atoms with Gasteiger partial charge in [-0.15, -0.1) is 0 Å². The SMILES string of the molecule is CC[n+]1ccsc1NC(C)=O. The molecule has 60 valence electrons. The molecule has 0 bridgehead atoms. The van der Waals surface area contributed by atoms with Gasteiger partial charge in [0.05, 0.1) is 6.54 Å². The van der Waals surface area contributed by atoms with Crippen LogP contribution in [0.5, 0.6) is 0 Å². The molecule has 1 amide bonds. The second kappa shape index (κ2) is 3.48. The van der Waals surface area contributed by atoms with Crippen molar-refractivity contribution < 1.29 is 9.36 Å². The first-order valence-corrected chi connectivity index (χ1v) is 4.36. The number of anilines is 1. The molecule has 0 atom stereocenters. The van der Waals surface area contributed by atoms with E-state index in [1.54, 1.807) is 0 Å². The van der Waals surface area contributed by atoms with Crippen LogP contribution in [0.1, 0.15) is 13.8 Å². The van der Waals surface area contributed by atoms with Gasteiger partial charge in [-0.25, -0.2) is 14.7 Å². The third-order valence-corrected chi connectivity index (χ3v) is 2.12. The highest BCUT2D eigenvalue weighted by Gasteiger charge is 2.10. The van der Waals surface area contributed by atoms with Crippen molar-refractivity contribution in [3.8, 4) is 0 Å². The van der Waals surface area contributed by atoms with Gasteiger partial charge in [0.2, 0.25) is 0 Å². The molecular formula is C7H11N2OS+. The van der Waals surface area contributed by atoms with E-state index in [9.17, 15) is 4.79 Å². The number of hydrogen-bond donors (Lipinski definition) is 1. The van der Waals surface area contributed by atoms with E-state index in [4.69, 9.17) is 0 Å². The number of nitrogens with zero attached hydrogens (tertiary/aromatic N) is 1. The van der Waals surface area contributed by atoms with Crippen LogP contribution in [0.25, 0.3) is 0 Å². The standard InChI is InChI=1S/C7H10N2OS/c1-3-9-4-5-11-7(9)8-6(2)10/h4-5H,3H2,1-2H3/p+1. The van der Waals surface area contributed by atoms with Crippen LogP contribution in [0.3, 0.4) is 0 Å². The zero-order valence-electron chi connectivity index (χ0n) is 6.63. The van der Waals surface area contributed by atoms with Gasteiger partial charge >= 0.3 is 11.0 Å². The van der Waals surface area contributed by atoms with E-state index in [-0.39, 0.29) is 5.91 Å². The number of amides is 1. The molecular weight excluding hydrogens is 160 g/mol. The smallest absolute Gasteiger partial charge is 0.247 e. The Morgan fingerprint density at radius 1 is 1.82 bits per heavy atom. The number of aromatic nitrogens is 1. The molecule has 0 aromatic carbocycles. The topological polar surface area (TPSA) is 33.0 Å². The van der Waals surface area contributed by atoms with Gasteiger partial charge in [-0.05, 0) is 6.92 Å². The Morgan fingerprint density at radius 2 is 2.55 bits per heavy atom. The van der Waals surface area contributed by atoms with E-state index in [1.807, 2.05) is 23.1 Å². The second-order valence-electron chi connectivity index (χ2n) is 2.18. The monoisotopic (exact) mass is 171 g/mol. The van der Waals surface area contributed by atoms with Crippen LogP contribution < -0.4 is 9.88 Å². The van der Waals surface area contributed by atoms with Crippen molar-refractivity contribution in [3.05, 3.63) is 11.6 Å². The average Bonchev–Trinajstić information content (AvgIpc) is 2.34. The van der Waals surface area contributed by atoms with Crippen molar-refractivity contribution in [2.45, 2.75) is 20.4 Å². The van der Waals surface area contributed by atoms with E-state index in [1.165, 1.54) is 18.3 Å². The molecule has 0 aliphatic carbocycles. The molecule has 0 radical (unpaired) electrons. The van der Waals surface area contributed by atoms with E-state index in [0.717, 1.165) is 11.7 Å². The molecule has 1 N–H and O–H groups in total. The lowest BCUT2D eigenvalue weighted by atomic mass is 10.7. The van der Waals surface area contributed by atoms with Crippen LogP contribution in [-0.2, 0) is 11.3 Å². The van der Waals surface area contributed by atoms with Gasteiger partial charge in [0, 0.05) is 12.3 Å². The molecule has 0 fully saturated rings. The summed E-state index contributed by atoms with van der Waals surface area (Å²) in [7, 11) is 0. The lowest BCUT2D eigenvalue weighted by Crippen LogP contribution is -2.33. The summed E-state index contributed by atoms with van der Waals surface area (Å²) in [6, 6.07) is 0. The molecule has 11 heavy (non-hydrogen) atoms. The quantitative estimate of drug-likeness (QED) is 0.662. The zero-order valence-corrected chi connectivity index (χ0v) is 7.44. The highest BCUT2D eigenvalue weighted by molar-refractivity contribution is 7.13. The zero-order chi connectivity index (χ0) is 8.27. The first kappa shape index (κ1) is 8.20. The van der Waals surface area contributed by atoms with E-state index in [2.05, 4.69) is 5.32 Å². The minimum Gasteiger partial charge on any atom is -0.247 e. The molecule has 1 rings (SSSR count). The van der Waals surface area contributed by atoms with Gasteiger partial charge in [-0.2, -0.15) is 0 Å². The highest BCUT2D eigenvalue weighted by atomic mass is 32.1. The summed E-state index contributed by atoms with van der Waals surface area (Å²) < 4.78 is 1.99. The minimum absolute atomic E-state index is 0.0188. The van der Waals surface area contributed by atoms with E-state index in [0.29, 0.717) is 0 Å². The van der Waals surface area contributed by atoms with E-state index < -0.39 is 0 Å². The first-order chi connectivity index (χ1) is 5.24. The lowest BCUT2D eigenvalue weighted by Gasteiger charge is -1.93. The predicted octanol–water partition coefficient (Wildman–Crippen LogP) is 1.01. The number of nitrogens with one attached hydrogen (secondary N) is 1. The maximum Gasteiger partial charge on any atom is 0.341 e. The average molecular weight is 171 g/mol. The summed E-state index contributed by atoms with van der Waals surface area (Å²) in [4.78, 5) is 10.7. The lowest BCUT2D eigenvalue weighted by molar-refractivity contribution is -0.675. The van der Waals surface area contributed by atoms with Gasteiger partial charge in [0.15, 0.2) is 0 Å². The predicted molar refractivity (Wildman–Crippen MR) is 44.5 cm³/mol. The Hall–Kier alpha value is -0.900. The largest absolute Gasteiger partial charge is 0.341 e. The molecule has 1 heterocycles. The molecule has 3 nitrogen and oxygen atoms in total. The van der Waals surface area contributed by atoms with Gasteiger partial charge in [-0.1, -0.05) is 11.3 Å². The van der Waals surface area contributed by atoms with E-state index >= 15 is 0 Å². The number of rotatable bonds is 2. The Kier molecular flexibility index (Phi) is 2.59. The van der Waals surface area contributed by atoms with Crippen LogP contribution in [0, 0.1) is 0 Å². The summed E-state index contributed by atoms with van der Waals surface area (Å²) in [6.45, 7) is 4.44. The fourth-order valence-corrected chi connectivity index (χ4v) is 1.67. The maximum absolute atomic E-state index is 10.7. The molecule has 1 aromatic heterocycles. The van der Waals surface area contributed by atoms with Crippen LogP contribution in [0.4, 0.5) is 5.13 Å². The maximum atomic E-state index is 10.7. The van der Waals surface area contributed by atoms with Crippen molar-refractivity contribution in [1.82, 2.24) is 0 Å². The van der Waals surface area contributed by atoms with Gasteiger partial charge in [0.1, 0.15) is 6.20 Å². The van der Waals surface area contributed by atoms with Crippen molar-refractivity contribution >= 4 is 22.4 Å². The third-order valence-electron chi connectivity index (χ3n) is 1.30. The highest BCUT2D eigenvalue weighted by Crippen LogP contribution is 2.07. The molecule has 0 aliphatic rings. The Morgan fingerprint density at radius 3 is 3.09 bits per heavy atom. The molecule has 0 saturated carbocycles. The van der Waals surface area contributed by atoms with Crippen molar-refractivity contribution in [2.75, 3.05) is 5.32 Å². The normalized spacial score (nSPS) is 9.64. The summed E-state index contributed by atoms with van der Waals surface area (Å²) >= 11 is 1.53. The molecule has 0 unspecified atom stereocenters. The molecule has 0 saturated heterocycles. The molecule has 0 spiro atoms. The summed E-state index contributed by atoms with van der Waals surface area (Å²) in [5.41, 5.74) is 0. The summed E-state index contributed by atoms with van der Waals surface area (Å²) in [5, 5.41) is 5.60. The number of carbonyl (C=O) groups is 1. The molecule has 0 aliphatic heterocycles. The summed E-state index contributed by atoms with van der Waals surface area (Å²) in [5.74, 6) is -0.0188. The second-order valence-corrected chi connectivity index (χ2v) is 3.07. The van der Waals surface area contributed by atoms with Crippen molar-refractivity contribution in [2.24, 2.45) is 0 Å². The Labute approximate surface area is 69.7 Å². The first-order valence-electron chi connectivity index (χ1n) is 3.48. The van der Waals surface area contributed by atoms with Gasteiger partial charge in [-0.3, -0.25) is 0 Å². The van der Waals surface area contributed by atoms with Crippen LogP contribution in [-0.4, -0.2) is 5.91 Å². The number of aryl methyl sites for hydroxylation is 1. The van der Waals surface area contributed by atoms with Gasteiger partial charge < -0.3 is 0 Å². The van der Waals surface area contributed by atoms with Crippen LogP contribution in [0.2, 0.25) is 0 Å². The van der Waals surface area contributed by atoms with Crippen LogP contribution in [0.15, 0.2) is 11.6 Å². The summed E-state index contributed by atoms with van der Waals surface area (Å²) in [6.07, 6.45) is 1.95. The number of carbonyl (C=O) groups excluding carboxylic acids is 1. The molecule has 1 aromatic rings. The number of hydrogen-bond acceptors (Lipinski definition) is 2.